The van der Waals surface area contributed by atoms with Gasteiger partial charge < -0.3 is 15.2 Å². The normalized spacial score (nSPS) is 23.6. The summed E-state index contributed by atoms with van der Waals surface area (Å²) in [5.74, 6) is 1.02. The first-order valence-electron chi connectivity index (χ1n) is 7.93. The van der Waals surface area contributed by atoms with Crippen molar-refractivity contribution in [3.05, 3.63) is 21.7 Å². The molecule has 1 aromatic heterocycles. The van der Waals surface area contributed by atoms with Gasteiger partial charge in [0.15, 0.2) is 0 Å². The molecule has 0 radical (unpaired) electrons. The Bertz CT molecular complexity index is 725. The van der Waals surface area contributed by atoms with Gasteiger partial charge in [0, 0.05) is 28.4 Å². The van der Waals surface area contributed by atoms with Crippen LogP contribution in [0, 0.1) is 6.92 Å². The molecule has 7 heteroatoms. The van der Waals surface area contributed by atoms with Crippen molar-refractivity contribution in [3.8, 4) is 0 Å². The van der Waals surface area contributed by atoms with Gasteiger partial charge in [-0.15, -0.1) is 12.4 Å². The highest BCUT2D eigenvalue weighted by molar-refractivity contribution is 9.10. The molecule has 1 aromatic carbocycles. The number of hydrogen-bond acceptors (Lipinski definition) is 3. The van der Waals surface area contributed by atoms with E-state index in [2.05, 4.69) is 60.1 Å². The van der Waals surface area contributed by atoms with Crippen molar-refractivity contribution in [3.63, 3.8) is 0 Å². The molecule has 2 aliphatic heterocycles. The van der Waals surface area contributed by atoms with Crippen LogP contribution in [0.4, 0.5) is 5.95 Å². The van der Waals surface area contributed by atoms with Crippen LogP contribution in [0.5, 0.6) is 0 Å². The Balaban J connectivity index is 0.00000156. The maximum Gasteiger partial charge on any atom is 0.204 e. The molecule has 0 saturated carbocycles. The second-order valence-corrected chi connectivity index (χ2v) is 8.52. The highest BCUT2D eigenvalue weighted by atomic mass is 79.9. The van der Waals surface area contributed by atoms with E-state index in [0.717, 1.165) is 42.0 Å². The Morgan fingerprint density at radius 2 is 2.26 bits per heavy atom. The van der Waals surface area contributed by atoms with Crippen LogP contribution in [0.2, 0.25) is 0 Å². The van der Waals surface area contributed by atoms with Crippen LogP contribution in [0.25, 0.3) is 11.0 Å². The summed E-state index contributed by atoms with van der Waals surface area (Å²) in [6.07, 6.45) is 3.50. The van der Waals surface area contributed by atoms with Gasteiger partial charge in [0.2, 0.25) is 5.95 Å². The molecular formula is C16H21Br2ClN4. The molecule has 0 aliphatic carbocycles. The smallest absolute Gasteiger partial charge is 0.204 e. The number of imidazole rings is 1. The average Bonchev–Trinajstić information content (AvgIpc) is 2.85. The molecular weight excluding hydrogens is 443 g/mol. The molecule has 1 unspecified atom stereocenters. The fourth-order valence-corrected chi connectivity index (χ4v) is 4.69. The molecule has 126 valence electrons. The minimum atomic E-state index is 0. The summed E-state index contributed by atoms with van der Waals surface area (Å²) in [7, 11) is 0. The number of halogens is 3. The van der Waals surface area contributed by atoms with Gasteiger partial charge in [0.1, 0.15) is 0 Å². The van der Waals surface area contributed by atoms with Gasteiger partial charge in [-0.25, -0.2) is 4.98 Å². The van der Waals surface area contributed by atoms with Crippen LogP contribution >= 0.6 is 44.3 Å². The fraction of sp³-hybridized carbons (Fsp3) is 0.562. The minimum absolute atomic E-state index is 0. The lowest BCUT2D eigenvalue weighted by molar-refractivity contribution is 0.475. The number of benzene rings is 1. The third-order valence-corrected chi connectivity index (χ3v) is 6.18. The van der Waals surface area contributed by atoms with E-state index in [0.29, 0.717) is 10.9 Å². The standard InChI is InChI=1S/C16H20Br2N4.ClH/c1-9-13(18)6-10-5-11(17)8-22-15(10)14(9)21-16(22)20-12-3-2-4-19-7-12;/h6,11-12,19H,2-5,7-8H2,1H3,(H,20,21);1H/t11?,12-;/m1./s1. The summed E-state index contributed by atoms with van der Waals surface area (Å²) in [6.45, 7) is 5.28. The lowest BCUT2D eigenvalue weighted by Crippen LogP contribution is -2.39. The third-order valence-electron chi connectivity index (χ3n) is 4.74. The van der Waals surface area contributed by atoms with Crippen molar-refractivity contribution in [2.45, 2.75) is 43.6 Å². The number of alkyl halides is 1. The first-order chi connectivity index (χ1) is 10.6. The molecule has 1 fully saturated rings. The Labute approximate surface area is 159 Å². The Morgan fingerprint density at radius 3 is 3.00 bits per heavy atom. The molecule has 2 atom stereocenters. The summed E-state index contributed by atoms with van der Waals surface area (Å²) in [5, 5.41) is 7.14. The average molecular weight is 465 g/mol. The molecule has 4 nitrogen and oxygen atoms in total. The van der Waals surface area contributed by atoms with Gasteiger partial charge in [-0.1, -0.05) is 31.9 Å². The zero-order valence-corrected chi connectivity index (χ0v) is 17.0. The molecule has 4 rings (SSSR count). The van der Waals surface area contributed by atoms with Crippen molar-refractivity contribution in [1.29, 1.82) is 0 Å². The second-order valence-electron chi connectivity index (χ2n) is 6.37. The van der Waals surface area contributed by atoms with E-state index in [1.165, 1.54) is 29.5 Å². The number of aryl methyl sites for hydroxylation is 1. The highest BCUT2D eigenvalue weighted by Crippen LogP contribution is 2.36. The summed E-state index contributed by atoms with van der Waals surface area (Å²) in [6, 6.07) is 2.74. The number of anilines is 1. The van der Waals surface area contributed by atoms with Gasteiger partial charge in [0.05, 0.1) is 11.0 Å². The molecule has 1 saturated heterocycles. The van der Waals surface area contributed by atoms with Crippen LogP contribution in [0.1, 0.15) is 24.0 Å². The van der Waals surface area contributed by atoms with Crippen LogP contribution in [0.3, 0.4) is 0 Å². The number of piperidine rings is 1. The molecule has 2 aliphatic rings. The van der Waals surface area contributed by atoms with E-state index in [1.807, 2.05) is 0 Å². The van der Waals surface area contributed by atoms with E-state index >= 15 is 0 Å². The first kappa shape index (κ1) is 17.5. The van der Waals surface area contributed by atoms with Crippen LogP contribution < -0.4 is 10.6 Å². The number of nitrogens with one attached hydrogen (secondary N) is 2. The monoisotopic (exact) mass is 462 g/mol. The van der Waals surface area contributed by atoms with Crippen LogP contribution in [0.15, 0.2) is 10.5 Å². The minimum Gasteiger partial charge on any atom is -0.352 e. The topological polar surface area (TPSA) is 41.9 Å². The lowest BCUT2D eigenvalue weighted by atomic mass is 10.0. The third kappa shape index (κ3) is 3.15. The molecule has 0 spiro atoms. The first-order valence-corrected chi connectivity index (χ1v) is 9.64. The summed E-state index contributed by atoms with van der Waals surface area (Å²) in [5.41, 5.74) is 5.05. The Kier molecular flexibility index (Phi) is 5.26. The number of rotatable bonds is 2. The van der Waals surface area contributed by atoms with Crippen molar-refractivity contribution < 1.29 is 0 Å². The second kappa shape index (κ2) is 6.90. The van der Waals surface area contributed by atoms with Gasteiger partial charge in [-0.05, 0) is 49.9 Å². The predicted molar refractivity (Wildman–Crippen MR) is 105 cm³/mol. The molecule has 3 heterocycles. The molecule has 2 aromatic rings. The largest absolute Gasteiger partial charge is 0.352 e. The Hall–Kier alpha value is -0.300. The maximum absolute atomic E-state index is 4.95. The van der Waals surface area contributed by atoms with Crippen LogP contribution in [-0.4, -0.2) is 33.5 Å². The van der Waals surface area contributed by atoms with Gasteiger partial charge >= 0.3 is 0 Å². The number of nitrogens with zero attached hydrogens (tertiary/aromatic N) is 2. The van der Waals surface area contributed by atoms with E-state index in [9.17, 15) is 0 Å². The van der Waals surface area contributed by atoms with Crippen molar-refractivity contribution in [1.82, 2.24) is 14.9 Å². The lowest BCUT2D eigenvalue weighted by Gasteiger charge is -2.26. The van der Waals surface area contributed by atoms with E-state index in [1.54, 1.807) is 0 Å². The highest BCUT2D eigenvalue weighted by Gasteiger charge is 2.26. The van der Waals surface area contributed by atoms with Crippen molar-refractivity contribution in [2.24, 2.45) is 0 Å². The zero-order chi connectivity index (χ0) is 15.3. The molecule has 23 heavy (non-hydrogen) atoms. The number of aromatic nitrogens is 2. The zero-order valence-electron chi connectivity index (χ0n) is 13.0. The molecule has 0 amide bonds. The Morgan fingerprint density at radius 1 is 1.43 bits per heavy atom. The van der Waals surface area contributed by atoms with E-state index < -0.39 is 0 Å². The summed E-state index contributed by atoms with van der Waals surface area (Å²) >= 11 is 7.50. The van der Waals surface area contributed by atoms with Crippen LogP contribution in [-0.2, 0) is 13.0 Å². The summed E-state index contributed by atoms with van der Waals surface area (Å²) < 4.78 is 3.52. The number of hydrogen-bond donors (Lipinski definition) is 2. The van der Waals surface area contributed by atoms with Gasteiger partial charge in [-0.3, -0.25) is 0 Å². The maximum atomic E-state index is 4.95. The van der Waals surface area contributed by atoms with Crippen molar-refractivity contribution >= 4 is 61.2 Å². The SMILES string of the molecule is Cc1c(Br)cc2c3c1nc(N[C@@H]1CCCNC1)n3CC(Br)C2.Cl. The van der Waals surface area contributed by atoms with Gasteiger partial charge in [0.25, 0.3) is 0 Å². The quantitative estimate of drug-likeness (QED) is 0.660. The predicted octanol–water partition coefficient (Wildman–Crippen LogP) is 4.01. The van der Waals surface area contributed by atoms with Crippen molar-refractivity contribution in [2.75, 3.05) is 18.4 Å². The molecule has 2 N–H and O–H groups in total. The van der Waals surface area contributed by atoms with Gasteiger partial charge in [-0.2, -0.15) is 0 Å². The fourth-order valence-electron chi connectivity index (χ4n) is 3.58. The van der Waals surface area contributed by atoms with E-state index in [-0.39, 0.29) is 12.4 Å². The summed E-state index contributed by atoms with van der Waals surface area (Å²) in [4.78, 5) is 5.42. The van der Waals surface area contributed by atoms with E-state index in [4.69, 9.17) is 4.98 Å². The molecule has 0 bridgehead atoms.